The van der Waals surface area contributed by atoms with Crippen LogP contribution in [-0.2, 0) is 66.7 Å². The van der Waals surface area contributed by atoms with Gasteiger partial charge in [-0.2, -0.15) is 0 Å². The summed E-state index contributed by atoms with van der Waals surface area (Å²) in [7, 11) is 1.16. The summed E-state index contributed by atoms with van der Waals surface area (Å²) >= 11 is 0. The molecule has 1 heterocycles. The maximum Gasteiger partial charge on any atom is 0.341 e. The molecular formula is C37H52O16. The van der Waals surface area contributed by atoms with Gasteiger partial charge in [-0.15, -0.1) is 0 Å². The zero-order valence-electron chi connectivity index (χ0n) is 32.1. The molecule has 0 amide bonds. The predicted molar refractivity (Wildman–Crippen MR) is 177 cm³/mol. The third-order valence-corrected chi connectivity index (χ3v) is 13.6. The monoisotopic (exact) mass is 752 g/mol. The fourth-order valence-electron chi connectivity index (χ4n) is 11.9. The van der Waals surface area contributed by atoms with Crippen molar-refractivity contribution in [3.63, 3.8) is 0 Å². The van der Waals surface area contributed by atoms with Gasteiger partial charge in [-0.25, -0.2) is 4.79 Å². The molecule has 5 aliphatic rings. The number of carbonyl (C=O) groups is 7. The minimum Gasteiger partial charge on any atom is -0.467 e. The van der Waals surface area contributed by atoms with E-state index in [0.29, 0.717) is 0 Å². The number of carbonyl (C=O) groups excluding carboxylic acids is 7. The van der Waals surface area contributed by atoms with Gasteiger partial charge in [0.15, 0.2) is 18.0 Å². The summed E-state index contributed by atoms with van der Waals surface area (Å²) in [6, 6.07) is 0. The lowest BCUT2D eigenvalue weighted by atomic mass is 9.32. The van der Waals surface area contributed by atoms with Gasteiger partial charge < -0.3 is 43.4 Å². The summed E-state index contributed by atoms with van der Waals surface area (Å²) < 4.78 is 41.1. The van der Waals surface area contributed by atoms with Crippen LogP contribution in [0.5, 0.6) is 0 Å². The number of esters is 6. The summed E-state index contributed by atoms with van der Waals surface area (Å²) in [5.74, 6) is -8.55. The fourth-order valence-corrected chi connectivity index (χ4v) is 11.9. The highest BCUT2D eigenvalue weighted by Crippen LogP contribution is 2.77. The molecule has 0 radical (unpaired) electrons. The Morgan fingerprint density at radius 1 is 0.849 bits per heavy atom. The van der Waals surface area contributed by atoms with E-state index in [1.807, 2.05) is 0 Å². The summed E-state index contributed by atoms with van der Waals surface area (Å²) in [6.45, 7) is 12.4. The maximum absolute atomic E-state index is 15.4. The minimum absolute atomic E-state index is 0.00474. The summed E-state index contributed by atoms with van der Waals surface area (Å²) in [4.78, 5) is 93.8. The molecule has 5 rings (SSSR count). The molecular weight excluding hydrogens is 700 g/mol. The molecule has 16 heteroatoms. The third kappa shape index (κ3) is 5.20. The summed E-state index contributed by atoms with van der Waals surface area (Å²) in [5, 5.41) is 24.7. The second-order valence-electron chi connectivity index (χ2n) is 16.4. The van der Waals surface area contributed by atoms with E-state index in [9.17, 15) is 39.0 Å². The average molecular weight is 753 g/mol. The predicted octanol–water partition coefficient (Wildman–Crippen LogP) is 1.37. The first kappa shape index (κ1) is 40.6. The Labute approximate surface area is 307 Å². The van der Waals surface area contributed by atoms with E-state index in [1.54, 1.807) is 27.7 Å². The lowest BCUT2D eigenvalue weighted by Gasteiger charge is -2.73. The number of rotatable bonds is 8. The number of aliphatic hydroxyl groups excluding tert-OH is 1. The van der Waals surface area contributed by atoms with Crippen molar-refractivity contribution in [3.8, 4) is 0 Å². The van der Waals surface area contributed by atoms with Crippen LogP contribution in [0.25, 0.3) is 0 Å². The molecule has 1 saturated heterocycles. The molecule has 4 saturated carbocycles. The number of hydrogen-bond donors (Lipinski definition) is 2. The van der Waals surface area contributed by atoms with Gasteiger partial charge in [-0.3, -0.25) is 28.8 Å². The van der Waals surface area contributed by atoms with Crippen LogP contribution in [0.4, 0.5) is 0 Å². The molecule has 4 aliphatic carbocycles. The Balaban J connectivity index is 1.89. The quantitative estimate of drug-likeness (QED) is 0.203. The number of fused-ring (bicyclic) bond motifs is 7. The third-order valence-electron chi connectivity index (χ3n) is 13.6. The molecule has 0 aromatic carbocycles. The van der Waals surface area contributed by atoms with Crippen molar-refractivity contribution in [3.05, 3.63) is 0 Å². The number of epoxide rings is 1. The zero-order chi connectivity index (χ0) is 40.0. The normalized spacial score (nSPS) is 45.7. The van der Waals surface area contributed by atoms with E-state index in [1.165, 1.54) is 6.92 Å². The molecule has 0 aromatic heterocycles. The lowest BCUT2D eigenvalue weighted by Crippen LogP contribution is -2.84. The molecule has 53 heavy (non-hydrogen) atoms. The fraction of sp³-hybridized carbons (Fsp3) is 0.811. The van der Waals surface area contributed by atoms with Gasteiger partial charge in [0.1, 0.15) is 29.8 Å². The number of hydrogen-bond acceptors (Lipinski definition) is 16. The van der Waals surface area contributed by atoms with Gasteiger partial charge in [0.2, 0.25) is 5.60 Å². The van der Waals surface area contributed by atoms with Crippen molar-refractivity contribution >= 4 is 41.6 Å². The molecule has 2 N–H and O–H groups in total. The van der Waals surface area contributed by atoms with E-state index in [4.69, 9.17) is 33.2 Å². The Hall–Kier alpha value is -3.63. The minimum atomic E-state index is -2.17. The number of Topliss-reactive ketones (excluding diaryl/α,β-unsaturated/α-hetero) is 1. The molecule has 15 atom stereocenters. The van der Waals surface area contributed by atoms with E-state index >= 15 is 4.79 Å². The van der Waals surface area contributed by atoms with Gasteiger partial charge in [0.25, 0.3) is 0 Å². The van der Waals surface area contributed by atoms with Crippen molar-refractivity contribution in [2.24, 2.45) is 39.4 Å². The van der Waals surface area contributed by atoms with Gasteiger partial charge in [-0.05, 0) is 44.9 Å². The van der Waals surface area contributed by atoms with Crippen molar-refractivity contribution in [2.75, 3.05) is 13.7 Å². The number of ether oxygens (including phenoxy) is 7. The second-order valence-corrected chi connectivity index (χ2v) is 16.4. The Morgan fingerprint density at radius 2 is 1.38 bits per heavy atom. The van der Waals surface area contributed by atoms with E-state index < -0.39 is 135 Å². The van der Waals surface area contributed by atoms with Crippen molar-refractivity contribution in [2.45, 2.75) is 136 Å². The summed E-state index contributed by atoms with van der Waals surface area (Å²) in [6.07, 6.45) is -8.73. The Bertz CT molecular complexity index is 1610. The number of ketones is 1. The highest BCUT2D eigenvalue weighted by molar-refractivity contribution is 5.94. The van der Waals surface area contributed by atoms with Crippen molar-refractivity contribution < 1.29 is 76.9 Å². The Kier molecular flexibility index (Phi) is 9.95. The molecule has 1 aliphatic heterocycles. The highest BCUT2D eigenvalue weighted by atomic mass is 16.7. The standard InChI is InChI=1S/C37H52O16/c1-16-14-36(46)23-12-13-32(8)25(24(49-19(4)40)27(50-20(5)41)35(15-38,30(32)44)17(2)48-18(3)39)33(23,9)28(51-21(6)42)29(52-22(7)43)34(36,10)37(26(16)53-37)31(45)47-11/h16-17,23-29,38,46H,12-15H2,1-11H3/t16?,17-,23?,24?,25?,26?,27?,28?,29?,32?,33?,34?,35?,36?,37?/m1/s1. The molecule has 0 aromatic rings. The largest absolute Gasteiger partial charge is 0.467 e. The Morgan fingerprint density at radius 3 is 1.87 bits per heavy atom. The first-order valence-corrected chi connectivity index (χ1v) is 17.9. The van der Waals surface area contributed by atoms with Gasteiger partial charge in [-0.1, -0.05) is 20.8 Å². The van der Waals surface area contributed by atoms with E-state index in [-0.39, 0.29) is 19.3 Å². The van der Waals surface area contributed by atoms with Crippen LogP contribution in [0.3, 0.4) is 0 Å². The van der Waals surface area contributed by atoms with E-state index in [2.05, 4.69) is 0 Å². The highest BCUT2D eigenvalue weighted by Gasteiger charge is 2.91. The van der Waals surface area contributed by atoms with Crippen LogP contribution < -0.4 is 0 Å². The smallest absolute Gasteiger partial charge is 0.341 e. The van der Waals surface area contributed by atoms with Crippen molar-refractivity contribution in [1.29, 1.82) is 0 Å². The van der Waals surface area contributed by atoms with Crippen LogP contribution in [0.1, 0.15) is 88.5 Å². The second kappa shape index (κ2) is 13.0. The molecule has 296 valence electrons. The van der Waals surface area contributed by atoms with Crippen LogP contribution in [-0.4, -0.2) is 113 Å². The number of aliphatic hydroxyl groups is 2. The van der Waals surface area contributed by atoms with Gasteiger partial charge in [0, 0.05) is 51.4 Å². The topological polar surface area (TPSA) is 228 Å². The molecule has 14 unspecified atom stereocenters. The van der Waals surface area contributed by atoms with Gasteiger partial charge in [0.05, 0.1) is 24.7 Å². The first-order chi connectivity index (χ1) is 24.4. The van der Waals surface area contributed by atoms with Crippen LogP contribution >= 0.6 is 0 Å². The van der Waals surface area contributed by atoms with Crippen LogP contribution in [0.15, 0.2) is 0 Å². The van der Waals surface area contributed by atoms with Crippen LogP contribution in [0.2, 0.25) is 0 Å². The average Bonchev–Trinajstić information content (AvgIpc) is 3.81. The first-order valence-electron chi connectivity index (χ1n) is 17.9. The molecule has 16 nitrogen and oxygen atoms in total. The zero-order valence-corrected chi connectivity index (χ0v) is 32.1. The number of methoxy groups -OCH3 is 1. The van der Waals surface area contributed by atoms with Gasteiger partial charge >= 0.3 is 35.8 Å². The van der Waals surface area contributed by atoms with Crippen LogP contribution in [0, 0.1) is 39.4 Å². The summed E-state index contributed by atoms with van der Waals surface area (Å²) in [5.41, 5.74) is -11.1. The SMILES string of the molecule is COC(=O)C12OC1C(C)CC1(O)C3CCC4(C)C(=O)C(CO)([C@@H](C)OC(C)=O)C(OC(C)=O)C(OC(C)=O)C4C3(C)C(OC(C)=O)C(OC(C)=O)C12C. The molecule has 0 spiro atoms. The molecule has 5 fully saturated rings. The van der Waals surface area contributed by atoms with Crippen molar-refractivity contribution in [1.82, 2.24) is 0 Å². The maximum atomic E-state index is 15.4. The van der Waals surface area contributed by atoms with E-state index in [0.717, 1.165) is 41.7 Å². The molecule has 0 bridgehead atoms. The lowest BCUT2D eigenvalue weighted by molar-refractivity contribution is -0.346.